The summed E-state index contributed by atoms with van der Waals surface area (Å²) in [4.78, 5) is 4.55. The number of hydrogen-bond donors (Lipinski definition) is 2. The maximum Gasteiger partial charge on any atom is 0.128 e. The lowest BCUT2D eigenvalue weighted by molar-refractivity contribution is 0.0279. The van der Waals surface area contributed by atoms with Crippen molar-refractivity contribution in [1.82, 2.24) is 10.4 Å². The predicted octanol–water partition coefficient (Wildman–Crippen LogP) is 2.29. The van der Waals surface area contributed by atoms with Gasteiger partial charge in [0, 0.05) is 36.0 Å². The van der Waals surface area contributed by atoms with Crippen LogP contribution in [0.5, 0.6) is 5.75 Å². The number of aromatic nitrogens is 1. The number of nitrogens with two attached hydrogens (primary N) is 1. The molecule has 0 aromatic carbocycles. The first kappa shape index (κ1) is 17.9. The first-order chi connectivity index (χ1) is 10.1. The summed E-state index contributed by atoms with van der Waals surface area (Å²) in [5.41, 5.74) is 6.02. The summed E-state index contributed by atoms with van der Waals surface area (Å²) >= 11 is 0. The van der Waals surface area contributed by atoms with Crippen LogP contribution in [0, 0.1) is 13.8 Å². The standard InChI is InChI=1S/C16H29N3O2/c1-6-8-15(21-7-2)14(19-17)9-13-12(4)16(20-5)11(3)10-18-13/h10,14-15,19H,6-9,17H2,1-5H3. The highest BCUT2D eigenvalue weighted by Gasteiger charge is 2.22. The highest BCUT2D eigenvalue weighted by atomic mass is 16.5. The maximum absolute atomic E-state index is 5.83. The lowest BCUT2D eigenvalue weighted by Crippen LogP contribution is -2.47. The summed E-state index contributed by atoms with van der Waals surface area (Å²) in [6.45, 7) is 8.89. The van der Waals surface area contributed by atoms with Gasteiger partial charge in [0.1, 0.15) is 5.75 Å². The molecular formula is C16H29N3O2. The fraction of sp³-hybridized carbons (Fsp3) is 0.688. The van der Waals surface area contributed by atoms with Crippen LogP contribution in [-0.4, -0.2) is 30.8 Å². The molecule has 0 fully saturated rings. The quantitative estimate of drug-likeness (QED) is 0.540. The van der Waals surface area contributed by atoms with Crippen molar-refractivity contribution < 1.29 is 9.47 Å². The normalized spacial score (nSPS) is 14.0. The molecule has 0 spiro atoms. The molecule has 0 amide bonds. The molecule has 2 atom stereocenters. The summed E-state index contributed by atoms with van der Waals surface area (Å²) in [7, 11) is 1.69. The van der Waals surface area contributed by atoms with Crippen molar-refractivity contribution in [3.8, 4) is 5.75 Å². The largest absolute Gasteiger partial charge is 0.496 e. The Balaban J connectivity index is 2.95. The van der Waals surface area contributed by atoms with Gasteiger partial charge >= 0.3 is 0 Å². The van der Waals surface area contributed by atoms with E-state index in [1.165, 1.54) is 0 Å². The minimum atomic E-state index is 0.0449. The van der Waals surface area contributed by atoms with Crippen molar-refractivity contribution in [3.05, 3.63) is 23.0 Å². The maximum atomic E-state index is 5.83. The minimum Gasteiger partial charge on any atom is -0.496 e. The molecular weight excluding hydrogens is 266 g/mol. The average Bonchev–Trinajstić information content (AvgIpc) is 2.47. The highest BCUT2D eigenvalue weighted by molar-refractivity contribution is 5.41. The molecule has 0 bridgehead atoms. The fourth-order valence-electron chi connectivity index (χ4n) is 2.68. The lowest BCUT2D eigenvalue weighted by Gasteiger charge is -2.26. The van der Waals surface area contributed by atoms with Crippen LogP contribution >= 0.6 is 0 Å². The number of methoxy groups -OCH3 is 1. The zero-order valence-corrected chi connectivity index (χ0v) is 13.9. The molecule has 0 aliphatic rings. The highest BCUT2D eigenvalue weighted by Crippen LogP contribution is 2.25. The van der Waals surface area contributed by atoms with Gasteiger partial charge in [-0.1, -0.05) is 13.3 Å². The Kier molecular flexibility index (Phi) is 7.64. The topological polar surface area (TPSA) is 69.4 Å². The van der Waals surface area contributed by atoms with E-state index in [-0.39, 0.29) is 12.1 Å². The van der Waals surface area contributed by atoms with Crippen molar-refractivity contribution >= 4 is 0 Å². The predicted molar refractivity (Wildman–Crippen MR) is 85.4 cm³/mol. The molecule has 120 valence electrons. The molecule has 1 aromatic heterocycles. The number of pyridine rings is 1. The summed E-state index contributed by atoms with van der Waals surface area (Å²) in [6.07, 6.45) is 4.71. The van der Waals surface area contributed by atoms with Crippen LogP contribution in [0.25, 0.3) is 0 Å². The van der Waals surface area contributed by atoms with E-state index in [9.17, 15) is 0 Å². The Labute approximate surface area is 128 Å². The van der Waals surface area contributed by atoms with Crippen LogP contribution in [0.3, 0.4) is 0 Å². The molecule has 0 radical (unpaired) electrons. The Morgan fingerprint density at radius 1 is 1.33 bits per heavy atom. The number of aryl methyl sites for hydroxylation is 1. The van der Waals surface area contributed by atoms with Gasteiger partial charge in [-0.05, 0) is 27.2 Å². The number of ether oxygens (including phenoxy) is 2. The minimum absolute atomic E-state index is 0.0449. The van der Waals surface area contributed by atoms with E-state index in [1.54, 1.807) is 7.11 Å². The van der Waals surface area contributed by atoms with Gasteiger partial charge in [0.05, 0.1) is 19.3 Å². The van der Waals surface area contributed by atoms with Crippen LogP contribution in [0.2, 0.25) is 0 Å². The fourth-order valence-corrected chi connectivity index (χ4v) is 2.68. The number of rotatable bonds is 9. The molecule has 2 unspecified atom stereocenters. The second-order valence-corrected chi connectivity index (χ2v) is 5.31. The Morgan fingerprint density at radius 2 is 2.05 bits per heavy atom. The Bertz CT molecular complexity index is 432. The van der Waals surface area contributed by atoms with Crippen LogP contribution in [0.15, 0.2) is 6.20 Å². The summed E-state index contributed by atoms with van der Waals surface area (Å²) < 4.78 is 11.3. The Morgan fingerprint density at radius 3 is 2.57 bits per heavy atom. The molecule has 0 aliphatic heterocycles. The van der Waals surface area contributed by atoms with E-state index in [0.29, 0.717) is 6.61 Å². The zero-order chi connectivity index (χ0) is 15.8. The van der Waals surface area contributed by atoms with E-state index >= 15 is 0 Å². The van der Waals surface area contributed by atoms with Crippen molar-refractivity contribution in [1.29, 1.82) is 0 Å². The van der Waals surface area contributed by atoms with Gasteiger partial charge in [0.15, 0.2) is 0 Å². The average molecular weight is 295 g/mol. The van der Waals surface area contributed by atoms with Gasteiger partial charge in [0.25, 0.3) is 0 Å². The van der Waals surface area contributed by atoms with Gasteiger partial charge in [-0.3, -0.25) is 16.3 Å². The molecule has 1 heterocycles. The third-order valence-electron chi connectivity index (χ3n) is 3.78. The second-order valence-electron chi connectivity index (χ2n) is 5.31. The van der Waals surface area contributed by atoms with E-state index < -0.39 is 0 Å². The van der Waals surface area contributed by atoms with Crippen molar-refractivity contribution in [3.63, 3.8) is 0 Å². The van der Waals surface area contributed by atoms with Gasteiger partial charge in [-0.2, -0.15) is 0 Å². The van der Waals surface area contributed by atoms with Crippen LogP contribution in [0.1, 0.15) is 43.5 Å². The summed E-state index contributed by atoms with van der Waals surface area (Å²) in [5.74, 6) is 6.65. The summed E-state index contributed by atoms with van der Waals surface area (Å²) in [5, 5.41) is 0. The van der Waals surface area contributed by atoms with Gasteiger partial charge < -0.3 is 9.47 Å². The van der Waals surface area contributed by atoms with E-state index in [0.717, 1.165) is 41.8 Å². The Hall–Kier alpha value is -1.17. The smallest absolute Gasteiger partial charge is 0.128 e. The molecule has 0 saturated heterocycles. The molecule has 0 saturated carbocycles. The van der Waals surface area contributed by atoms with E-state index in [2.05, 4.69) is 17.3 Å². The van der Waals surface area contributed by atoms with Crippen molar-refractivity contribution in [2.75, 3.05) is 13.7 Å². The van der Waals surface area contributed by atoms with E-state index in [4.69, 9.17) is 15.3 Å². The second kappa shape index (κ2) is 8.97. The third-order valence-corrected chi connectivity index (χ3v) is 3.78. The number of hydrogen-bond acceptors (Lipinski definition) is 5. The third kappa shape index (κ3) is 4.66. The number of hydrazine groups is 1. The molecule has 1 aromatic rings. The first-order valence-corrected chi connectivity index (χ1v) is 7.65. The molecule has 3 N–H and O–H groups in total. The van der Waals surface area contributed by atoms with Crippen LogP contribution in [0.4, 0.5) is 0 Å². The van der Waals surface area contributed by atoms with Crippen molar-refractivity contribution in [2.24, 2.45) is 5.84 Å². The monoisotopic (exact) mass is 295 g/mol. The molecule has 0 aliphatic carbocycles. The van der Waals surface area contributed by atoms with Gasteiger partial charge in [-0.25, -0.2) is 0 Å². The zero-order valence-electron chi connectivity index (χ0n) is 13.9. The van der Waals surface area contributed by atoms with E-state index in [1.807, 2.05) is 27.0 Å². The molecule has 21 heavy (non-hydrogen) atoms. The van der Waals surface area contributed by atoms with Crippen molar-refractivity contribution in [2.45, 2.75) is 59.1 Å². The first-order valence-electron chi connectivity index (χ1n) is 7.65. The number of nitrogens with one attached hydrogen (secondary N) is 1. The van der Waals surface area contributed by atoms with Gasteiger partial charge in [0.2, 0.25) is 0 Å². The van der Waals surface area contributed by atoms with Crippen LogP contribution < -0.4 is 16.0 Å². The summed E-state index contributed by atoms with van der Waals surface area (Å²) in [6, 6.07) is 0.0449. The lowest BCUT2D eigenvalue weighted by atomic mass is 9.98. The SMILES string of the molecule is CCCC(OCC)C(Cc1ncc(C)c(OC)c1C)NN. The van der Waals surface area contributed by atoms with Crippen LogP contribution in [-0.2, 0) is 11.2 Å². The molecule has 1 rings (SSSR count). The molecule has 5 nitrogen and oxygen atoms in total. The van der Waals surface area contributed by atoms with Gasteiger partial charge in [-0.15, -0.1) is 0 Å². The number of nitrogens with zero attached hydrogens (tertiary/aromatic N) is 1. The molecule has 5 heteroatoms.